The summed E-state index contributed by atoms with van der Waals surface area (Å²) in [5.74, 6) is -0.341. The number of aryl methyl sites for hydroxylation is 2. The van der Waals surface area contributed by atoms with Gasteiger partial charge in [-0.25, -0.2) is 0 Å². The highest BCUT2D eigenvalue weighted by Gasteiger charge is 2.21. The molecular formula is C21H19ClN2O2. The molecule has 0 spiro atoms. The van der Waals surface area contributed by atoms with Crippen molar-refractivity contribution in [2.24, 2.45) is 0 Å². The lowest BCUT2D eigenvalue weighted by Crippen LogP contribution is -2.34. The van der Waals surface area contributed by atoms with Crippen molar-refractivity contribution in [3.8, 4) is 0 Å². The number of pyridine rings is 1. The largest absolute Gasteiger partial charge is 0.326 e. The number of nitrogens with zero attached hydrogens (tertiary/aromatic N) is 1. The van der Waals surface area contributed by atoms with Gasteiger partial charge in [0.25, 0.3) is 11.5 Å². The molecule has 0 radical (unpaired) electrons. The van der Waals surface area contributed by atoms with Crippen LogP contribution in [0.4, 0.5) is 5.69 Å². The summed E-state index contributed by atoms with van der Waals surface area (Å²) < 4.78 is 0. The fourth-order valence-electron chi connectivity index (χ4n) is 2.73. The lowest BCUT2D eigenvalue weighted by Gasteiger charge is -2.23. The number of halogens is 1. The first-order valence-corrected chi connectivity index (χ1v) is 8.65. The van der Waals surface area contributed by atoms with Crippen molar-refractivity contribution >= 4 is 23.2 Å². The molecule has 0 bridgehead atoms. The number of H-pyrrole nitrogens is 1. The molecule has 0 aliphatic carbocycles. The summed E-state index contributed by atoms with van der Waals surface area (Å²) in [6.45, 7) is 4.08. The number of amides is 1. The summed E-state index contributed by atoms with van der Waals surface area (Å²) in [7, 11) is 0. The van der Waals surface area contributed by atoms with Crippen molar-refractivity contribution in [1.29, 1.82) is 0 Å². The molecule has 4 nitrogen and oxygen atoms in total. The van der Waals surface area contributed by atoms with E-state index in [1.807, 2.05) is 43.3 Å². The van der Waals surface area contributed by atoms with Gasteiger partial charge in [0.2, 0.25) is 0 Å². The maximum atomic E-state index is 13.1. The van der Waals surface area contributed by atoms with E-state index in [1.54, 1.807) is 36.1 Å². The van der Waals surface area contributed by atoms with Crippen molar-refractivity contribution in [2.45, 2.75) is 20.4 Å². The van der Waals surface area contributed by atoms with Crippen LogP contribution in [0.2, 0.25) is 5.02 Å². The van der Waals surface area contributed by atoms with Crippen molar-refractivity contribution in [2.75, 3.05) is 4.90 Å². The molecule has 132 valence electrons. The van der Waals surface area contributed by atoms with Gasteiger partial charge in [-0.2, -0.15) is 0 Å². The van der Waals surface area contributed by atoms with Gasteiger partial charge in [0.05, 0.1) is 6.54 Å². The van der Waals surface area contributed by atoms with Crippen LogP contribution in [0.5, 0.6) is 0 Å². The third-order valence-electron chi connectivity index (χ3n) is 4.10. The quantitative estimate of drug-likeness (QED) is 0.739. The lowest BCUT2D eigenvalue weighted by atomic mass is 10.1. The topological polar surface area (TPSA) is 53.2 Å². The zero-order valence-electron chi connectivity index (χ0n) is 14.6. The highest BCUT2D eigenvalue weighted by Crippen LogP contribution is 2.21. The van der Waals surface area contributed by atoms with Crippen LogP contribution in [0.1, 0.15) is 27.2 Å². The number of hydrogen-bond donors (Lipinski definition) is 1. The molecule has 0 unspecified atom stereocenters. The van der Waals surface area contributed by atoms with Gasteiger partial charge in [-0.05, 0) is 61.4 Å². The molecule has 0 saturated heterocycles. The van der Waals surface area contributed by atoms with Crippen molar-refractivity contribution in [3.63, 3.8) is 0 Å². The maximum absolute atomic E-state index is 13.1. The Morgan fingerprint density at radius 2 is 1.77 bits per heavy atom. The van der Waals surface area contributed by atoms with Crippen LogP contribution in [-0.4, -0.2) is 10.9 Å². The average Bonchev–Trinajstić information content (AvgIpc) is 2.61. The average molecular weight is 367 g/mol. The Balaban J connectivity index is 2.03. The van der Waals surface area contributed by atoms with E-state index in [2.05, 4.69) is 4.98 Å². The molecule has 2 aromatic carbocycles. The highest BCUT2D eigenvalue weighted by molar-refractivity contribution is 6.30. The van der Waals surface area contributed by atoms with Crippen molar-refractivity contribution in [1.82, 2.24) is 4.98 Å². The molecular weight excluding hydrogens is 348 g/mol. The summed E-state index contributed by atoms with van der Waals surface area (Å²) in [5.41, 5.74) is 3.15. The predicted octanol–water partition coefficient (Wildman–Crippen LogP) is 4.49. The second kappa shape index (κ2) is 7.58. The van der Waals surface area contributed by atoms with Gasteiger partial charge in [0, 0.05) is 16.4 Å². The van der Waals surface area contributed by atoms with Crippen LogP contribution < -0.4 is 10.5 Å². The van der Waals surface area contributed by atoms with Gasteiger partial charge in [-0.15, -0.1) is 0 Å². The molecule has 3 rings (SSSR count). The van der Waals surface area contributed by atoms with Crippen LogP contribution in [0.15, 0.2) is 65.5 Å². The molecule has 0 fully saturated rings. The Morgan fingerprint density at radius 1 is 1.04 bits per heavy atom. The number of hydrogen-bond acceptors (Lipinski definition) is 2. The van der Waals surface area contributed by atoms with Crippen LogP contribution >= 0.6 is 11.6 Å². The molecule has 0 saturated carbocycles. The summed E-state index contributed by atoms with van der Waals surface area (Å²) in [6, 6.07) is 18.3. The summed E-state index contributed by atoms with van der Waals surface area (Å²) in [4.78, 5) is 29.7. The van der Waals surface area contributed by atoms with Gasteiger partial charge < -0.3 is 9.88 Å². The van der Waals surface area contributed by atoms with E-state index in [9.17, 15) is 9.59 Å². The minimum Gasteiger partial charge on any atom is -0.326 e. The van der Waals surface area contributed by atoms with E-state index in [-0.39, 0.29) is 17.0 Å². The van der Waals surface area contributed by atoms with Crippen LogP contribution in [0, 0.1) is 13.8 Å². The van der Waals surface area contributed by atoms with E-state index in [0.717, 1.165) is 16.8 Å². The first-order valence-electron chi connectivity index (χ1n) is 8.27. The zero-order valence-corrected chi connectivity index (χ0v) is 15.4. The molecule has 0 atom stereocenters. The molecule has 1 heterocycles. The van der Waals surface area contributed by atoms with Crippen LogP contribution in [-0.2, 0) is 6.54 Å². The van der Waals surface area contributed by atoms with Gasteiger partial charge >= 0.3 is 0 Å². The summed E-state index contributed by atoms with van der Waals surface area (Å²) in [5, 5.41) is 0.636. The Morgan fingerprint density at radius 3 is 2.42 bits per heavy atom. The Hall–Kier alpha value is -2.85. The van der Waals surface area contributed by atoms with Crippen molar-refractivity contribution < 1.29 is 4.79 Å². The van der Waals surface area contributed by atoms with Crippen molar-refractivity contribution in [3.05, 3.63) is 98.4 Å². The van der Waals surface area contributed by atoms with Gasteiger partial charge in [0.15, 0.2) is 0 Å². The normalized spacial score (nSPS) is 10.6. The number of aromatic amines is 1. The Labute approximate surface area is 157 Å². The van der Waals surface area contributed by atoms with E-state index in [4.69, 9.17) is 11.6 Å². The SMILES string of the molecule is Cc1cccc(N(Cc2ccc(Cl)cc2)C(=O)c2ccc(C)[nH]c2=O)c1. The number of rotatable bonds is 4. The van der Waals surface area contributed by atoms with Crippen LogP contribution in [0.3, 0.4) is 0 Å². The number of carbonyl (C=O) groups is 1. The standard InChI is InChI=1S/C21H19ClN2O2/c1-14-4-3-5-18(12-14)24(13-16-7-9-17(22)10-8-16)21(26)19-11-6-15(2)23-20(19)25/h3-12H,13H2,1-2H3,(H,23,25). The molecule has 5 heteroatoms. The molecule has 0 aliphatic rings. The zero-order chi connectivity index (χ0) is 18.7. The fourth-order valence-corrected chi connectivity index (χ4v) is 2.86. The summed E-state index contributed by atoms with van der Waals surface area (Å²) >= 11 is 5.95. The third kappa shape index (κ3) is 4.03. The van der Waals surface area contributed by atoms with E-state index in [1.165, 1.54) is 0 Å². The minimum atomic E-state index is -0.385. The van der Waals surface area contributed by atoms with E-state index >= 15 is 0 Å². The minimum absolute atomic E-state index is 0.117. The predicted molar refractivity (Wildman–Crippen MR) is 105 cm³/mol. The maximum Gasteiger partial charge on any atom is 0.264 e. The molecule has 1 N–H and O–H groups in total. The van der Waals surface area contributed by atoms with Gasteiger partial charge in [-0.3, -0.25) is 9.59 Å². The first kappa shape index (κ1) is 18.0. The number of anilines is 1. The molecule has 1 amide bonds. The molecule has 3 aromatic rings. The first-order chi connectivity index (χ1) is 12.4. The second-order valence-electron chi connectivity index (χ2n) is 6.24. The summed E-state index contributed by atoms with van der Waals surface area (Å²) in [6.07, 6.45) is 0. The Bertz CT molecular complexity index is 993. The number of carbonyl (C=O) groups excluding carboxylic acids is 1. The number of aromatic nitrogens is 1. The smallest absolute Gasteiger partial charge is 0.264 e. The fraction of sp³-hybridized carbons (Fsp3) is 0.143. The Kier molecular flexibility index (Phi) is 5.24. The van der Waals surface area contributed by atoms with E-state index in [0.29, 0.717) is 17.3 Å². The van der Waals surface area contributed by atoms with Gasteiger partial charge in [0.1, 0.15) is 5.56 Å². The molecule has 26 heavy (non-hydrogen) atoms. The van der Waals surface area contributed by atoms with Crippen LogP contribution in [0.25, 0.3) is 0 Å². The lowest BCUT2D eigenvalue weighted by molar-refractivity contribution is 0.0983. The number of nitrogens with one attached hydrogen (secondary N) is 1. The monoisotopic (exact) mass is 366 g/mol. The molecule has 1 aromatic heterocycles. The third-order valence-corrected chi connectivity index (χ3v) is 4.35. The second-order valence-corrected chi connectivity index (χ2v) is 6.68. The number of benzene rings is 2. The highest BCUT2D eigenvalue weighted by atomic mass is 35.5. The molecule has 0 aliphatic heterocycles. The van der Waals surface area contributed by atoms with E-state index < -0.39 is 0 Å². The van der Waals surface area contributed by atoms with Gasteiger partial charge in [-0.1, -0.05) is 35.9 Å².